The largest absolute Gasteiger partial charge is 0.344 e. The van der Waals surface area contributed by atoms with Crippen molar-refractivity contribution in [1.29, 1.82) is 0 Å². The number of hydrogen-bond donors (Lipinski definition) is 6. The number of hydrazine groups is 2. The summed E-state index contributed by atoms with van der Waals surface area (Å²) < 4.78 is 58.7. The molecule has 0 saturated carbocycles. The van der Waals surface area contributed by atoms with Gasteiger partial charge in [-0.3, -0.25) is 38.5 Å². The predicted molar refractivity (Wildman–Crippen MR) is 264 cm³/mol. The minimum absolute atomic E-state index is 0.0142. The Morgan fingerprint density at radius 1 is 0.575 bits per heavy atom. The van der Waals surface area contributed by atoms with Gasteiger partial charge in [-0.25, -0.2) is 17.6 Å². The van der Waals surface area contributed by atoms with Crippen LogP contribution in [0.4, 0.5) is 28.9 Å². The molecule has 390 valence electrons. The Balaban J connectivity index is 0.785. The fourth-order valence-corrected chi connectivity index (χ4v) is 8.81. The zero-order chi connectivity index (χ0) is 52.9. The van der Waals surface area contributed by atoms with Crippen LogP contribution in [0, 0.1) is 51.0 Å². The summed E-state index contributed by atoms with van der Waals surface area (Å²) in [7, 11) is 3.15. The number of benzene rings is 2. The van der Waals surface area contributed by atoms with Gasteiger partial charge in [0.15, 0.2) is 23.3 Å². The molecule has 2 aromatic carbocycles. The third-order valence-corrected chi connectivity index (χ3v) is 12.9. The van der Waals surface area contributed by atoms with Gasteiger partial charge in [0.2, 0.25) is 0 Å². The molecule has 3 aromatic heterocycles. The van der Waals surface area contributed by atoms with Gasteiger partial charge in [-0.2, -0.15) is 0 Å². The molecule has 5 aromatic rings. The van der Waals surface area contributed by atoms with Crippen molar-refractivity contribution in [1.82, 2.24) is 50.7 Å². The zero-order valence-corrected chi connectivity index (χ0v) is 41.9. The Hall–Kier alpha value is -7.62. The van der Waals surface area contributed by atoms with E-state index in [-0.39, 0.29) is 58.1 Å². The van der Waals surface area contributed by atoms with Gasteiger partial charge in [-0.15, -0.1) is 10.6 Å². The SMILES string of the molecule is Cc1c(C(=O)C(=O)NCC2=CN(CCCCCCCCCCCCCn3cc(CNC(=O)C(=O)c4c(C)c(C(=O)Nc5ccc(F)c(F)c5)n(C)c4C)nn3)NN2)c(C)n(C)c1C(=O)Nc1ccc(F)c(F)c1. The summed E-state index contributed by atoms with van der Waals surface area (Å²) in [5.74, 6) is -8.97. The van der Waals surface area contributed by atoms with Gasteiger partial charge in [-0.1, -0.05) is 63.0 Å². The van der Waals surface area contributed by atoms with Crippen molar-refractivity contribution in [3.8, 4) is 0 Å². The summed E-state index contributed by atoms with van der Waals surface area (Å²) in [6.07, 6.45) is 15.6. The van der Waals surface area contributed by atoms with E-state index in [2.05, 4.69) is 42.5 Å². The third-order valence-electron chi connectivity index (χ3n) is 12.9. The fourth-order valence-electron chi connectivity index (χ4n) is 8.81. The molecule has 1 aliphatic heterocycles. The molecule has 0 radical (unpaired) electrons. The first kappa shape index (κ1) is 54.7. The van der Waals surface area contributed by atoms with Crippen LogP contribution in [-0.4, -0.2) is 77.4 Å². The first-order valence-corrected chi connectivity index (χ1v) is 24.2. The number of aryl methyl sites for hydroxylation is 1. The molecule has 0 atom stereocenters. The van der Waals surface area contributed by atoms with Crippen LogP contribution in [0.25, 0.3) is 0 Å². The summed E-state index contributed by atoms with van der Waals surface area (Å²) in [5, 5.41) is 20.4. The summed E-state index contributed by atoms with van der Waals surface area (Å²) >= 11 is 0. The van der Waals surface area contributed by atoms with Gasteiger partial charge in [0, 0.05) is 68.3 Å². The van der Waals surface area contributed by atoms with Crippen LogP contribution in [0.15, 0.2) is 54.5 Å². The highest BCUT2D eigenvalue weighted by molar-refractivity contribution is 6.44. The molecule has 0 saturated heterocycles. The summed E-state index contributed by atoms with van der Waals surface area (Å²) in [4.78, 5) is 78.5. The molecule has 0 aliphatic carbocycles. The second-order valence-electron chi connectivity index (χ2n) is 18.1. The van der Waals surface area contributed by atoms with Crippen LogP contribution in [-0.2, 0) is 36.8 Å². The molecule has 6 N–H and O–H groups in total. The predicted octanol–water partition coefficient (Wildman–Crippen LogP) is 7.21. The number of ketones is 2. The van der Waals surface area contributed by atoms with E-state index in [1.165, 1.54) is 40.5 Å². The van der Waals surface area contributed by atoms with Crippen molar-refractivity contribution < 1.29 is 46.3 Å². The number of rotatable bonds is 26. The fraction of sp³-hybridized carbons (Fsp3) is 0.412. The smallest absolute Gasteiger partial charge is 0.292 e. The highest BCUT2D eigenvalue weighted by Crippen LogP contribution is 2.26. The van der Waals surface area contributed by atoms with Crippen molar-refractivity contribution in [3.63, 3.8) is 0 Å². The van der Waals surface area contributed by atoms with Crippen molar-refractivity contribution in [2.45, 2.75) is 111 Å². The van der Waals surface area contributed by atoms with Crippen molar-refractivity contribution in [2.24, 2.45) is 14.1 Å². The van der Waals surface area contributed by atoms with Gasteiger partial charge < -0.3 is 35.8 Å². The topological polar surface area (TPSA) is 218 Å². The number of halogens is 4. The molecule has 4 heterocycles. The normalized spacial score (nSPS) is 12.1. The van der Waals surface area contributed by atoms with Gasteiger partial charge >= 0.3 is 0 Å². The van der Waals surface area contributed by atoms with E-state index >= 15 is 0 Å². The molecule has 0 fully saturated rings. The number of nitrogens with one attached hydrogen (secondary N) is 6. The van der Waals surface area contributed by atoms with Gasteiger partial charge in [0.1, 0.15) is 17.1 Å². The summed E-state index contributed by atoms with van der Waals surface area (Å²) in [5.41, 5.74) is 9.00. The molecule has 18 nitrogen and oxygen atoms in total. The van der Waals surface area contributed by atoms with Crippen LogP contribution in [0.5, 0.6) is 0 Å². The molecule has 22 heteroatoms. The number of carbonyl (C=O) groups excluding carboxylic acids is 6. The van der Waals surface area contributed by atoms with E-state index in [4.69, 9.17) is 0 Å². The second kappa shape index (κ2) is 25.2. The number of Topliss-reactive ketones (excluding diaryl/α,β-unsaturated/α-hetero) is 2. The lowest BCUT2D eigenvalue weighted by Crippen LogP contribution is -2.39. The third kappa shape index (κ3) is 13.9. The summed E-state index contributed by atoms with van der Waals surface area (Å²) in [6.45, 7) is 7.80. The molecule has 6 rings (SSSR count). The first-order valence-electron chi connectivity index (χ1n) is 24.2. The highest BCUT2D eigenvalue weighted by atomic mass is 19.2. The van der Waals surface area contributed by atoms with Crippen LogP contribution in [0.1, 0.15) is 141 Å². The lowest BCUT2D eigenvalue weighted by molar-refractivity contribution is -0.117. The van der Waals surface area contributed by atoms with Crippen LogP contribution >= 0.6 is 0 Å². The van der Waals surface area contributed by atoms with E-state index < -0.39 is 58.5 Å². The number of anilines is 2. The molecule has 73 heavy (non-hydrogen) atoms. The van der Waals surface area contributed by atoms with E-state index in [1.807, 2.05) is 11.2 Å². The Morgan fingerprint density at radius 2 is 1.01 bits per heavy atom. The number of hydrogen-bond acceptors (Lipinski definition) is 11. The van der Waals surface area contributed by atoms with Crippen molar-refractivity contribution >= 4 is 46.6 Å². The number of carbonyl (C=O) groups is 6. The number of amides is 4. The van der Waals surface area contributed by atoms with Gasteiger partial charge in [0.05, 0.1) is 36.1 Å². The Labute approximate surface area is 420 Å². The van der Waals surface area contributed by atoms with Gasteiger partial charge in [-0.05, 0) is 75.9 Å². The maximum Gasteiger partial charge on any atom is 0.292 e. The van der Waals surface area contributed by atoms with E-state index in [9.17, 15) is 46.3 Å². The second-order valence-corrected chi connectivity index (χ2v) is 18.1. The maximum atomic E-state index is 13.7. The molecule has 0 bridgehead atoms. The Kier molecular flexibility index (Phi) is 18.9. The molecule has 4 amide bonds. The van der Waals surface area contributed by atoms with Crippen LogP contribution in [0.3, 0.4) is 0 Å². The van der Waals surface area contributed by atoms with E-state index in [0.29, 0.717) is 29.3 Å². The number of nitrogens with zero attached hydrogens (tertiary/aromatic N) is 6. The minimum atomic E-state index is -1.12. The lowest BCUT2D eigenvalue weighted by atomic mass is 10.0. The monoisotopic (exact) mass is 1010 g/mol. The molecular weight excluding hydrogens is 953 g/mol. The average Bonchev–Trinajstić information content (AvgIpc) is 4.12. The first-order chi connectivity index (χ1) is 34.9. The van der Waals surface area contributed by atoms with Crippen molar-refractivity contribution in [2.75, 3.05) is 23.7 Å². The minimum Gasteiger partial charge on any atom is -0.344 e. The Bertz CT molecular complexity index is 2910. The van der Waals surface area contributed by atoms with Crippen LogP contribution in [0.2, 0.25) is 0 Å². The quantitative estimate of drug-likeness (QED) is 0.0141. The van der Waals surface area contributed by atoms with Crippen LogP contribution < -0.4 is 32.2 Å². The van der Waals surface area contributed by atoms with E-state index in [1.54, 1.807) is 52.7 Å². The van der Waals surface area contributed by atoms with Crippen molar-refractivity contribution in [3.05, 3.63) is 128 Å². The molecule has 0 spiro atoms. The van der Waals surface area contributed by atoms with E-state index in [0.717, 1.165) is 82.2 Å². The number of aromatic nitrogens is 5. The zero-order valence-electron chi connectivity index (χ0n) is 41.9. The molecular formula is C51H62F4N12O6. The van der Waals surface area contributed by atoms with Gasteiger partial charge in [0.25, 0.3) is 35.2 Å². The average molecular weight is 1020 g/mol. The maximum absolute atomic E-state index is 13.7. The number of unbranched alkanes of at least 4 members (excludes halogenated alkanes) is 10. The molecule has 1 aliphatic rings. The molecule has 0 unspecified atom stereocenters. The highest BCUT2D eigenvalue weighted by Gasteiger charge is 2.30. The Morgan fingerprint density at radius 3 is 1.48 bits per heavy atom. The standard InChI is InChI=1S/C51H62F4N12O6/c1-30-42(32(3)64(5)44(30)48(70)58-34-18-20-38(52)40(54)24-34)46(68)50(72)56-26-36-28-66(62-60-36)22-16-14-12-10-8-7-9-11-13-15-17-23-67-29-37(61-63-67)27-57-51(73)47(69)43-31(2)45(65(6)33(43)4)49(71)59-35-19-21-39(53)41(55)25-35/h18-21,24-25,28-29,60,62H,7-17,22-23,26-27H2,1-6H3,(H,56,72)(H,57,73)(H,58,70)(H,59,71). The lowest BCUT2D eigenvalue weighted by Gasteiger charge is -2.14. The summed E-state index contributed by atoms with van der Waals surface area (Å²) in [6, 6.07) is 5.93.